The zero-order chi connectivity index (χ0) is 18.7. The molecule has 26 heavy (non-hydrogen) atoms. The van der Waals surface area contributed by atoms with Crippen molar-refractivity contribution < 1.29 is 18.8 Å². The molecule has 2 N–H and O–H groups in total. The van der Waals surface area contributed by atoms with Crippen LogP contribution < -0.4 is 10.6 Å². The lowest BCUT2D eigenvalue weighted by Crippen LogP contribution is -2.34. The molecule has 3 amide bonds. The Balaban J connectivity index is 1.50. The van der Waals surface area contributed by atoms with Crippen molar-refractivity contribution in [2.24, 2.45) is 5.92 Å². The third-order valence-corrected chi connectivity index (χ3v) is 4.32. The van der Waals surface area contributed by atoms with E-state index in [0.717, 1.165) is 12.8 Å². The van der Waals surface area contributed by atoms with Gasteiger partial charge in [-0.15, -0.1) is 0 Å². The van der Waals surface area contributed by atoms with Crippen LogP contribution in [0.1, 0.15) is 23.4 Å². The van der Waals surface area contributed by atoms with Crippen LogP contribution in [0.5, 0.6) is 0 Å². The number of carbonyl (C=O) groups excluding carboxylic acids is 3. The van der Waals surface area contributed by atoms with Crippen molar-refractivity contribution in [3.63, 3.8) is 0 Å². The summed E-state index contributed by atoms with van der Waals surface area (Å²) < 4.78 is 5.64. The molecule has 7 nitrogen and oxygen atoms in total. The lowest BCUT2D eigenvalue weighted by molar-refractivity contribution is -0.117. The molecule has 1 aliphatic rings. The monoisotopic (exact) mass is 419 g/mol. The molecule has 1 aromatic heterocycles. The van der Waals surface area contributed by atoms with E-state index in [2.05, 4.69) is 26.6 Å². The first kappa shape index (κ1) is 18.2. The molecule has 3 rings (SSSR count). The highest BCUT2D eigenvalue weighted by Crippen LogP contribution is 2.30. The van der Waals surface area contributed by atoms with Crippen molar-refractivity contribution in [2.45, 2.75) is 12.8 Å². The third kappa shape index (κ3) is 4.72. The first-order valence-corrected chi connectivity index (χ1v) is 8.93. The number of hydrogen-bond acceptors (Lipinski definition) is 4. The molecular weight excluding hydrogens is 402 g/mol. The fourth-order valence-electron chi connectivity index (χ4n) is 2.33. The standard InChI is InChI=1S/C18H18BrN3O4/c1-22(18(25)14-8-9-15(19)26-14)10-16(23)20-12-4-6-13(7-5-12)21-17(24)11-2-3-11/h4-9,11H,2-3,10H2,1H3,(H,20,23)(H,21,24). The molecule has 1 heterocycles. The summed E-state index contributed by atoms with van der Waals surface area (Å²) in [5, 5.41) is 5.55. The molecule has 1 saturated carbocycles. The predicted octanol–water partition coefficient (Wildman–Crippen LogP) is 3.10. The molecule has 136 valence electrons. The van der Waals surface area contributed by atoms with Gasteiger partial charge >= 0.3 is 0 Å². The molecule has 0 atom stereocenters. The van der Waals surface area contributed by atoms with E-state index in [1.165, 1.54) is 18.0 Å². The van der Waals surface area contributed by atoms with Crippen LogP contribution in [-0.4, -0.2) is 36.2 Å². The average molecular weight is 420 g/mol. The highest BCUT2D eigenvalue weighted by atomic mass is 79.9. The lowest BCUT2D eigenvalue weighted by atomic mass is 10.2. The number of nitrogens with one attached hydrogen (secondary N) is 2. The SMILES string of the molecule is CN(CC(=O)Nc1ccc(NC(=O)C2CC2)cc1)C(=O)c1ccc(Br)o1. The zero-order valence-electron chi connectivity index (χ0n) is 14.1. The minimum atomic E-state index is -0.385. The summed E-state index contributed by atoms with van der Waals surface area (Å²) in [6.45, 7) is -0.114. The van der Waals surface area contributed by atoms with Crippen LogP contribution in [-0.2, 0) is 9.59 Å². The first-order valence-electron chi connectivity index (χ1n) is 8.14. The Bertz CT molecular complexity index is 827. The Morgan fingerprint density at radius 2 is 1.69 bits per heavy atom. The summed E-state index contributed by atoms with van der Waals surface area (Å²) in [6, 6.07) is 10.0. The van der Waals surface area contributed by atoms with Crippen molar-refractivity contribution in [3.8, 4) is 0 Å². The van der Waals surface area contributed by atoms with E-state index >= 15 is 0 Å². The summed E-state index contributed by atoms with van der Waals surface area (Å²) in [4.78, 5) is 37.2. The van der Waals surface area contributed by atoms with Gasteiger partial charge in [-0.25, -0.2) is 0 Å². The van der Waals surface area contributed by atoms with E-state index < -0.39 is 0 Å². The van der Waals surface area contributed by atoms with E-state index in [9.17, 15) is 14.4 Å². The maximum absolute atomic E-state index is 12.1. The third-order valence-electron chi connectivity index (χ3n) is 3.90. The molecule has 0 aliphatic heterocycles. The number of likely N-dealkylation sites (N-methyl/N-ethyl adjacent to an activating group) is 1. The molecule has 0 radical (unpaired) electrons. The summed E-state index contributed by atoms with van der Waals surface area (Å²) in [6.07, 6.45) is 1.89. The lowest BCUT2D eigenvalue weighted by Gasteiger charge is -2.15. The largest absolute Gasteiger partial charge is 0.444 e. The van der Waals surface area contributed by atoms with Crippen LogP contribution in [0.4, 0.5) is 11.4 Å². The Hall–Kier alpha value is -2.61. The van der Waals surface area contributed by atoms with Gasteiger partial charge in [-0.1, -0.05) is 0 Å². The van der Waals surface area contributed by atoms with Crippen LogP contribution in [0.25, 0.3) is 0 Å². The molecule has 1 aromatic carbocycles. The van der Waals surface area contributed by atoms with Crippen LogP contribution in [0, 0.1) is 5.92 Å². The number of hydrogen-bond donors (Lipinski definition) is 2. The number of anilines is 2. The maximum atomic E-state index is 12.1. The fraction of sp³-hybridized carbons (Fsp3) is 0.278. The van der Waals surface area contributed by atoms with Gasteiger partial charge in [-0.3, -0.25) is 14.4 Å². The molecule has 0 spiro atoms. The van der Waals surface area contributed by atoms with Gasteiger partial charge in [0.2, 0.25) is 11.8 Å². The normalized spacial score (nSPS) is 13.2. The molecule has 8 heteroatoms. The molecule has 2 aromatic rings. The van der Waals surface area contributed by atoms with Gasteiger partial charge in [0, 0.05) is 24.3 Å². The minimum absolute atomic E-state index is 0.0338. The number of carbonyl (C=O) groups is 3. The Morgan fingerprint density at radius 3 is 2.23 bits per heavy atom. The topological polar surface area (TPSA) is 91.7 Å². The second-order valence-corrected chi connectivity index (χ2v) is 6.94. The second kappa shape index (κ2) is 7.74. The van der Waals surface area contributed by atoms with E-state index in [4.69, 9.17) is 4.42 Å². The molecule has 1 fully saturated rings. The van der Waals surface area contributed by atoms with Gasteiger partial charge < -0.3 is 20.0 Å². The van der Waals surface area contributed by atoms with Crippen LogP contribution in [0.3, 0.4) is 0 Å². The van der Waals surface area contributed by atoms with Crippen LogP contribution >= 0.6 is 15.9 Å². The highest BCUT2D eigenvalue weighted by Gasteiger charge is 2.29. The van der Waals surface area contributed by atoms with Crippen molar-refractivity contribution >= 4 is 45.0 Å². The summed E-state index contributed by atoms with van der Waals surface area (Å²) in [5.74, 6) is -0.392. The van der Waals surface area contributed by atoms with E-state index in [0.29, 0.717) is 16.0 Å². The van der Waals surface area contributed by atoms with Crippen molar-refractivity contribution in [3.05, 3.63) is 46.8 Å². The maximum Gasteiger partial charge on any atom is 0.289 e. The fourth-order valence-corrected chi connectivity index (χ4v) is 2.64. The Morgan fingerprint density at radius 1 is 1.08 bits per heavy atom. The van der Waals surface area contributed by atoms with Gasteiger partial charge in [0.05, 0.1) is 6.54 Å². The highest BCUT2D eigenvalue weighted by molar-refractivity contribution is 9.10. The molecule has 0 saturated heterocycles. The number of rotatable bonds is 6. The van der Waals surface area contributed by atoms with Gasteiger partial charge in [0.25, 0.3) is 5.91 Å². The van der Waals surface area contributed by atoms with Gasteiger partial charge in [-0.2, -0.15) is 0 Å². The van der Waals surface area contributed by atoms with Gasteiger partial charge in [0.15, 0.2) is 10.4 Å². The van der Waals surface area contributed by atoms with E-state index in [1.807, 2.05) is 0 Å². The number of amides is 3. The van der Waals surface area contributed by atoms with Gasteiger partial charge in [-0.05, 0) is 65.2 Å². The predicted molar refractivity (Wildman–Crippen MR) is 99.8 cm³/mol. The van der Waals surface area contributed by atoms with E-state index in [-0.39, 0.29) is 35.9 Å². The zero-order valence-corrected chi connectivity index (χ0v) is 15.7. The average Bonchev–Trinajstić information content (AvgIpc) is 3.37. The van der Waals surface area contributed by atoms with Crippen LogP contribution in [0.2, 0.25) is 0 Å². The van der Waals surface area contributed by atoms with Crippen molar-refractivity contribution in [1.29, 1.82) is 0 Å². The summed E-state index contributed by atoms with van der Waals surface area (Å²) in [7, 11) is 1.52. The summed E-state index contributed by atoms with van der Waals surface area (Å²) >= 11 is 3.13. The molecule has 1 aliphatic carbocycles. The minimum Gasteiger partial charge on any atom is -0.444 e. The number of halogens is 1. The molecule has 0 bridgehead atoms. The Kier molecular flexibility index (Phi) is 5.41. The van der Waals surface area contributed by atoms with Crippen molar-refractivity contribution in [1.82, 2.24) is 4.90 Å². The Labute approximate surface area is 158 Å². The number of nitrogens with zero attached hydrogens (tertiary/aromatic N) is 1. The number of furan rings is 1. The smallest absolute Gasteiger partial charge is 0.289 e. The van der Waals surface area contributed by atoms with Crippen LogP contribution in [0.15, 0.2) is 45.5 Å². The number of benzene rings is 1. The van der Waals surface area contributed by atoms with E-state index in [1.54, 1.807) is 30.3 Å². The summed E-state index contributed by atoms with van der Waals surface area (Å²) in [5.41, 5.74) is 1.27. The quantitative estimate of drug-likeness (QED) is 0.752. The second-order valence-electron chi connectivity index (χ2n) is 6.15. The molecular formula is C18H18BrN3O4. The molecule has 0 unspecified atom stereocenters. The van der Waals surface area contributed by atoms with Crippen molar-refractivity contribution in [2.75, 3.05) is 24.2 Å². The van der Waals surface area contributed by atoms with Gasteiger partial charge in [0.1, 0.15) is 0 Å². The first-order chi connectivity index (χ1) is 12.4.